The van der Waals surface area contributed by atoms with Crippen molar-refractivity contribution < 1.29 is 28.4 Å². The van der Waals surface area contributed by atoms with Crippen LogP contribution in [-0.2, 0) is 24.0 Å². The van der Waals surface area contributed by atoms with Gasteiger partial charge in [-0.2, -0.15) is 0 Å². The van der Waals surface area contributed by atoms with Crippen molar-refractivity contribution in [3.63, 3.8) is 0 Å². The topological polar surface area (TPSA) is 133 Å². The maximum absolute atomic E-state index is 14.5. The van der Waals surface area contributed by atoms with Crippen molar-refractivity contribution in [1.82, 2.24) is 21.3 Å². The average molecular weight is 579 g/mol. The number of amides is 4. The summed E-state index contributed by atoms with van der Waals surface area (Å²) in [6.07, 6.45) is 2.73. The third-order valence-corrected chi connectivity index (χ3v) is 7.48. The first kappa shape index (κ1) is 31.5. The van der Waals surface area contributed by atoms with Crippen LogP contribution in [0, 0.1) is 17.2 Å². The van der Waals surface area contributed by atoms with Gasteiger partial charge in [0.1, 0.15) is 11.9 Å². The van der Waals surface area contributed by atoms with Crippen molar-refractivity contribution in [2.45, 2.75) is 96.7 Å². The lowest BCUT2D eigenvalue weighted by molar-refractivity contribution is -0.141. The second-order valence-electron chi connectivity index (χ2n) is 12.0. The molecule has 0 aromatic heterocycles. The van der Waals surface area contributed by atoms with Gasteiger partial charge in [0.05, 0.1) is 6.04 Å². The predicted molar refractivity (Wildman–Crippen MR) is 149 cm³/mol. The molecule has 2 aliphatic rings. The van der Waals surface area contributed by atoms with Crippen LogP contribution in [-0.4, -0.2) is 54.1 Å². The Bertz CT molecular complexity index is 1130. The van der Waals surface area contributed by atoms with Gasteiger partial charge in [-0.15, -0.1) is 0 Å². The lowest BCUT2D eigenvalue weighted by Gasteiger charge is -2.29. The Morgan fingerprint density at radius 2 is 1.80 bits per heavy atom. The molecule has 220 valence electrons. The number of hydrogen-bond acceptors (Lipinski definition) is 5. The van der Waals surface area contributed by atoms with Gasteiger partial charge in [0.25, 0.3) is 5.91 Å². The van der Waals surface area contributed by atoms with Crippen molar-refractivity contribution in [3.05, 3.63) is 34.6 Å². The highest BCUT2D eigenvalue weighted by atomic mass is 35.5. The number of carbonyl (C=O) groups excluding carboxylic acids is 5. The highest BCUT2D eigenvalue weighted by Gasteiger charge is 2.37. The van der Waals surface area contributed by atoms with Gasteiger partial charge in [-0.3, -0.25) is 24.0 Å². The fourth-order valence-corrected chi connectivity index (χ4v) is 5.06. The molecule has 4 atom stereocenters. The maximum atomic E-state index is 14.5. The summed E-state index contributed by atoms with van der Waals surface area (Å²) in [5, 5.41) is 11.0. The van der Waals surface area contributed by atoms with Crippen LogP contribution >= 0.6 is 11.6 Å². The third-order valence-electron chi connectivity index (χ3n) is 7.25. The Labute approximate surface area is 239 Å². The molecule has 1 saturated heterocycles. The summed E-state index contributed by atoms with van der Waals surface area (Å²) < 4.78 is 14.5. The average Bonchev–Trinajstić information content (AvgIpc) is 3.59. The molecule has 1 heterocycles. The molecular formula is C29H40ClFN4O5. The quantitative estimate of drug-likeness (QED) is 0.267. The van der Waals surface area contributed by atoms with E-state index in [0.717, 1.165) is 12.8 Å². The van der Waals surface area contributed by atoms with Gasteiger partial charge in [-0.1, -0.05) is 45.4 Å². The second-order valence-corrected chi connectivity index (χ2v) is 12.5. The van der Waals surface area contributed by atoms with Crippen LogP contribution in [0.25, 0.3) is 0 Å². The van der Waals surface area contributed by atoms with Gasteiger partial charge in [-0.05, 0) is 67.6 Å². The van der Waals surface area contributed by atoms with E-state index >= 15 is 0 Å². The van der Waals surface area contributed by atoms with Crippen LogP contribution in [0.4, 0.5) is 4.39 Å². The number of benzene rings is 1. The third kappa shape index (κ3) is 9.28. The number of carbonyl (C=O) groups is 5. The maximum Gasteiger partial charge on any atom is 0.289 e. The molecule has 1 aromatic rings. The highest BCUT2D eigenvalue weighted by Crippen LogP contribution is 2.28. The zero-order valence-corrected chi connectivity index (χ0v) is 24.3. The minimum atomic E-state index is -1.22. The van der Waals surface area contributed by atoms with Gasteiger partial charge < -0.3 is 21.3 Å². The van der Waals surface area contributed by atoms with Crippen LogP contribution in [0.15, 0.2) is 18.2 Å². The second kappa shape index (κ2) is 13.6. The summed E-state index contributed by atoms with van der Waals surface area (Å²) >= 11 is 5.87. The minimum absolute atomic E-state index is 0.0154. The number of hydrogen-bond donors (Lipinski definition) is 4. The molecule has 0 spiro atoms. The molecule has 11 heteroatoms. The molecule has 4 amide bonds. The molecule has 0 bridgehead atoms. The number of rotatable bonds is 13. The van der Waals surface area contributed by atoms with Crippen LogP contribution < -0.4 is 21.3 Å². The number of Topliss-reactive ketones (excluding diaryl/α,β-unsaturated/α-hetero) is 1. The van der Waals surface area contributed by atoms with E-state index in [9.17, 15) is 28.4 Å². The Hall–Kier alpha value is -3.01. The molecule has 1 unspecified atom stereocenters. The normalized spacial score (nSPS) is 19.2. The van der Waals surface area contributed by atoms with Crippen molar-refractivity contribution in [2.24, 2.45) is 11.3 Å². The van der Waals surface area contributed by atoms with Crippen molar-refractivity contribution in [1.29, 1.82) is 0 Å². The molecule has 0 radical (unpaired) electrons. The number of nitrogens with one attached hydrogen (secondary N) is 4. The van der Waals surface area contributed by atoms with Crippen LogP contribution in [0.1, 0.15) is 84.1 Å². The Balaban J connectivity index is 1.75. The first-order chi connectivity index (χ1) is 18.8. The van der Waals surface area contributed by atoms with Crippen LogP contribution in [0.5, 0.6) is 0 Å². The molecule has 1 aromatic carbocycles. The summed E-state index contributed by atoms with van der Waals surface area (Å²) in [7, 11) is 0. The van der Waals surface area contributed by atoms with E-state index in [1.54, 1.807) is 12.1 Å². The van der Waals surface area contributed by atoms with Gasteiger partial charge >= 0.3 is 0 Å². The first-order valence-electron chi connectivity index (χ1n) is 13.9. The predicted octanol–water partition coefficient (Wildman–Crippen LogP) is 3.14. The van der Waals surface area contributed by atoms with Crippen molar-refractivity contribution >= 4 is 41.0 Å². The van der Waals surface area contributed by atoms with Crippen molar-refractivity contribution in [2.75, 3.05) is 6.54 Å². The zero-order valence-electron chi connectivity index (χ0n) is 23.6. The fraction of sp³-hybridized carbons (Fsp3) is 0.621. The molecule has 40 heavy (non-hydrogen) atoms. The molecule has 9 nitrogen and oxygen atoms in total. The smallest absolute Gasteiger partial charge is 0.289 e. The van der Waals surface area contributed by atoms with Crippen LogP contribution in [0.2, 0.25) is 5.02 Å². The summed E-state index contributed by atoms with van der Waals surface area (Å²) in [5.41, 5.74) is -0.0170. The van der Waals surface area contributed by atoms with E-state index in [4.69, 9.17) is 11.6 Å². The molecule has 2 fully saturated rings. The minimum Gasteiger partial charge on any atom is -0.356 e. The lowest BCUT2D eigenvalue weighted by atomic mass is 9.87. The van der Waals surface area contributed by atoms with Gasteiger partial charge in [-0.25, -0.2) is 4.39 Å². The van der Waals surface area contributed by atoms with Crippen molar-refractivity contribution in [3.8, 4) is 0 Å². The summed E-state index contributed by atoms with van der Waals surface area (Å²) in [4.78, 5) is 64.5. The van der Waals surface area contributed by atoms with E-state index < -0.39 is 53.2 Å². The fourth-order valence-electron chi connectivity index (χ4n) is 4.91. The van der Waals surface area contributed by atoms with Gasteiger partial charge in [0.15, 0.2) is 0 Å². The molecule has 1 aliphatic heterocycles. The SMILES string of the molecule is CC[C@@H](CC(=O)N[C@@H](CC(C)(C)C)C(=O)NC(C[C@@H]1CCNC1=O)C(=O)C(=O)NC1CC1)c1ccc(Cl)cc1F. The standard InChI is InChI=1S/C29H40ClFN4O5/c1-5-16(20-9-6-18(30)14-21(20)31)13-24(36)34-23(15-29(2,3)4)27(39)35-22(12-17-10-11-32-26(17)38)25(37)28(40)33-19-7-8-19/h6,9,14,16-17,19,22-23H,5,7-8,10-13,15H2,1-4H3,(H,32,38)(H,33,40)(H,34,36)(H,35,39)/t16-,17-,22?,23-/m0/s1. The summed E-state index contributed by atoms with van der Waals surface area (Å²) in [6, 6.07) is 2.05. The molecular weight excluding hydrogens is 539 g/mol. The summed E-state index contributed by atoms with van der Waals surface area (Å²) in [6.45, 7) is 8.03. The Morgan fingerprint density at radius 1 is 1.10 bits per heavy atom. The highest BCUT2D eigenvalue weighted by molar-refractivity contribution is 6.38. The Morgan fingerprint density at radius 3 is 2.35 bits per heavy atom. The van der Waals surface area contributed by atoms with E-state index in [2.05, 4.69) is 21.3 Å². The van der Waals surface area contributed by atoms with Crippen LogP contribution in [0.3, 0.4) is 0 Å². The van der Waals surface area contributed by atoms with E-state index in [-0.39, 0.29) is 41.6 Å². The molecule has 3 rings (SSSR count). The molecule has 4 N–H and O–H groups in total. The van der Waals surface area contributed by atoms with E-state index in [1.165, 1.54) is 6.07 Å². The monoisotopic (exact) mass is 578 g/mol. The first-order valence-corrected chi connectivity index (χ1v) is 14.3. The number of ketones is 1. The van der Waals surface area contributed by atoms with E-state index in [0.29, 0.717) is 24.9 Å². The van der Waals surface area contributed by atoms with Gasteiger partial charge in [0.2, 0.25) is 23.5 Å². The number of halogens is 2. The Kier molecular flexibility index (Phi) is 10.7. The van der Waals surface area contributed by atoms with E-state index in [1.807, 2.05) is 27.7 Å². The van der Waals surface area contributed by atoms with Gasteiger partial charge in [0, 0.05) is 29.9 Å². The largest absolute Gasteiger partial charge is 0.356 e. The molecule has 1 aliphatic carbocycles. The lowest BCUT2D eigenvalue weighted by Crippen LogP contribution is -2.55. The zero-order chi connectivity index (χ0) is 29.6. The summed E-state index contributed by atoms with van der Waals surface area (Å²) in [5.74, 6) is -4.36. The molecule has 1 saturated carbocycles.